The third-order valence-corrected chi connectivity index (χ3v) is 4.21. The lowest BCUT2D eigenvalue weighted by atomic mass is 10.1. The van der Waals surface area contributed by atoms with E-state index in [2.05, 4.69) is 10.3 Å². The van der Waals surface area contributed by atoms with Crippen LogP contribution in [0.5, 0.6) is 11.5 Å². The molecule has 1 atom stereocenters. The molecule has 0 fully saturated rings. The molecule has 0 saturated heterocycles. The molecule has 0 aliphatic carbocycles. The van der Waals surface area contributed by atoms with Crippen LogP contribution >= 0.6 is 22.9 Å². The number of hydrogen-bond donors (Lipinski definition) is 1. The SMILES string of the molecule is COc1ccc(C(C)Nc2nc(Cl)c(C#N)s2)cc1OC. The van der Waals surface area contributed by atoms with Crippen LogP contribution in [-0.2, 0) is 0 Å². The van der Waals surface area contributed by atoms with Crippen LogP contribution in [0.15, 0.2) is 18.2 Å². The third kappa shape index (κ3) is 3.38. The van der Waals surface area contributed by atoms with Gasteiger partial charge in [0.15, 0.2) is 21.8 Å². The van der Waals surface area contributed by atoms with Crippen molar-refractivity contribution < 1.29 is 9.47 Å². The molecule has 1 aromatic carbocycles. The van der Waals surface area contributed by atoms with E-state index < -0.39 is 0 Å². The zero-order valence-electron chi connectivity index (χ0n) is 11.8. The average molecular weight is 324 g/mol. The monoisotopic (exact) mass is 323 g/mol. The van der Waals surface area contributed by atoms with Crippen LogP contribution in [-0.4, -0.2) is 19.2 Å². The van der Waals surface area contributed by atoms with Crippen LogP contribution in [0.4, 0.5) is 5.13 Å². The van der Waals surface area contributed by atoms with E-state index in [9.17, 15) is 0 Å². The lowest BCUT2D eigenvalue weighted by Gasteiger charge is -2.15. The smallest absolute Gasteiger partial charge is 0.185 e. The predicted octanol–water partition coefficient (Wildman–Crippen LogP) is 3.86. The second-order valence-corrected chi connectivity index (χ2v) is 5.59. The normalized spacial score (nSPS) is 11.6. The Morgan fingerprint density at radius 3 is 2.62 bits per heavy atom. The van der Waals surface area contributed by atoms with Crippen molar-refractivity contribution in [2.24, 2.45) is 0 Å². The van der Waals surface area contributed by atoms with E-state index >= 15 is 0 Å². The summed E-state index contributed by atoms with van der Waals surface area (Å²) in [6.45, 7) is 1.99. The van der Waals surface area contributed by atoms with Gasteiger partial charge >= 0.3 is 0 Å². The standard InChI is InChI=1S/C14H14ClN3O2S/c1-8(17-14-18-13(15)12(7-16)21-14)9-4-5-10(19-2)11(6-9)20-3/h4-6,8H,1-3H3,(H,17,18). The van der Waals surface area contributed by atoms with Crippen LogP contribution in [0.2, 0.25) is 5.15 Å². The fraction of sp³-hybridized carbons (Fsp3) is 0.286. The van der Waals surface area contributed by atoms with E-state index in [1.165, 1.54) is 11.3 Å². The number of aromatic nitrogens is 1. The Hall–Kier alpha value is -1.97. The Kier molecular flexibility index (Phi) is 4.89. The number of anilines is 1. The zero-order chi connectivity index (χ0) is 15.4. The molecule has 0 saturated carbocycles. The van der Waals surface area contributed by atoms with Crippen LogP contribution in [0.1, 0.15) is 23.4 Å². The minimum Gasteiger partial charge on any atom is -0.493 e. The summed E-state index contributed by atoms with van der Waals surface area (Å²) in [5.41, 5.74) is 1.01. The molecule has 21 heavy (non-hydrogen) atoms. The first kappa shape index (κ1) is 15.4. The summed E-state index contributed by atoms with van der Waals surface area (Å²) in [6, 6.07) is 7.69. The molecule has 7 heteroatoms. The molecule has 2 rings (SSSR count). The molecule has 2 aromatic rings. The molecule has 5 nitrogen and oxygen atoms in total. The van der Waals surface area contributed by atoms with Gasteiger partial charge in [0.05, 0.1) is 20.3 Å². The number of nitriles is 1. The highest BCUT2D eigenvalue weighted by Gasteiger charge is 2.14. The molecule has 0 radical (unpaired) electrons. The van der Waals surface area contributed by atoms with Crippen molar-refractivity contribution in [2.75, 3.05) is 19.5 Å². The molecule has 110 valence electrons. The molecule has 1 aromatic heterocycles. The minimum absolute atomic E-state index is 0.0152. The van der Waals surface area contributed by atoms with E-state index in [0.29, 0.717) is 21.5 Å². The highest BCUT2D eigenvalue weighted by Crippen LogP contribution is 2.32. The maximum atomic E-state index is 8.89. The van der Waals surface area contributed by atoms with E-state index in [4.69, 9.17) is 26.3 Å². The van der Waals surface area contributed by atoms with Gasteiger partial charge in [-0.15, -0.1) is 0 Å². The van der Waals surface area contributed by atoms with Crippen molar-refractivity contribution in [3.05, 3.63) is 33.8 Å². The number of thiazole rings is 1. The summed E-state index contributed by atoms with van der Waals surface area (Å²) in [5.74, 6) is 1.34. The molecule has 1 heterocycles. The number of hydrogen-bond acceptors (Lipinski definition) is 6. The lowest BCUT2D eigenvalue weighted by Crippen LogP contribution is -2.06. The number of halogens is 1. The second kappa shape index (κ2) is 6.66. The minimum atomic E-state index is -0.0152. The van der Waals surface area contributed by atoms with E-state index in [-0.39, 0.29) is 11.2 Å². The van der Waals surface area contributed by atoms with Crippen LogP contribution in [0.3, 0.4) is 0 Å². The predicted molar refractivity (Wildman–Crippen MR) is 83.4 cm³/mol. The number of methoxy groups -OCH3 is 2. The molecular weight excluding hydrogens is 310 g/mol. The van der Waals surface area contributed by atoms with Gasteiger partial charge in [0.1, 0.15) is 10.9 Å². The summed E-state index contributed by atoms with van der Waals surface area (Å²) >= 11 is 7.09. The first-order chi connectivity index (χ1) is 10.1. The van der Waals surface area contributed by atoms with Gasteiger partial charge in [-0.1, -0.05) is 29.0 Å². The van der Waals surface area contributed by atoms with E-state index in [0.717, 1.165) is 5.56 Å². The topological polar surface area (TPSA) is 67.2 Å². The van der Waals surface area contributed by atoms with Crippen molar-refractivity contribution in [1.82, 2.24) is 4.98 Å². The largest absolute Gasteiger partial charge is 0.493 e. The summed E-state index contributed by atoms with van der Waals surface area (Å²) in [7, 11) is 3.19. The number of benzene rings is 1. The van der Waals surface area contributed by atoms with E-state index in [1.54, 1.807) is 14.2 Å². The number of nitrogens with zero attached hydrogens (tertiary/aromatic N) is 2. The summed E-state index contributed by atoms with van der Waals surface area (Å²) in [4.78, 5) is 4.52. The molecular formula is C14H14ClN3O2S. The number of nitrogens with one attached hydrogen (secondary N) is 1. The maximum Gasteiger partial charge on any atom is 0.185 e. The number of rotatable bonds is 5. The Balaban J connectivity index is 2.19. The molecule has 0 aliphatic heterocycles. The molecule has 0 amide bonds. The maximum absolute atomic E-state index is 8.89. The quantitative estimate of drug-likeness (QED) is 0.905. The first-order valence-corrected chi connectivity index (χ1v) is 7.33. The molecule has 1 N–H and O–H groups in total. The van der Waals surface area contributed by atoms with Gasteiger partial charge in [-0.2, -0.15) is 5.26 Å². The van der Waals surface area contributed by atoms with Crippen molar-refractivity contribution >= 4 is 28.1 Å². The van der Waals surface area contributed by atoms with Gasteiger partial charge in [0, 0.05) is 0 Å². The number of ether oxygens (including phenoxy) is 2. The van der Waals surface area contributed by atoms with Crippen LogP contribution in [0.25, 0.3) is 0 Å². The lowest BCUT2D eigenvalue weighted by molar-refractivity contribution is 0.354. The summed E-state index contributed by atoms with van der Waals surface area (Å²) in [5, 5.41) is 12.9. The van der Waals surface area contributed by atoms with Gasteiger partial charge in [-0.3, -0.25) is 0 Å². The van der Waals surface area contributed by atoms with Crippen LogP contribution in [0, 0.1) is 11.3 Å². The van der Waals surface area contributed by atoms with Crippen molar-refractivity contribution in [1.29, 1.82) is 5.26 Å². The fourth-order valence-corrected chi connectivity index (χ4v) is 2.86. The highest BCUT2D eigenvalue weighted by molar-refractivity contribution is 7.16. The van der Waals surface area contributed by atoms with Gasteiger partial charge in [0.25, 0.3) is 0 Å². The molecule has 0 spiro atoms. The first-order valence-electron chi connectivity index (χ1n) is 6.14. The Morgan fingerprint density at radius 2 is 2.05 bits per heavy atom. The van der Waals surface area contributed by atoms with Crippen molar-refractivity contribution in [2.45, 2.75) is 13.0 Å². The zero-order valence-corrected chi connectivity index (χ0v) is 13.4. The van der Waals surface area contributed by atoms with Crippen molar-refractivity contribution in [3.8, 4) is 17.6 Å². The molecule has 0 aliphatic rings. The Morgan fingerprint density at radius 1 is 1.33 bits per heavy atom. The van der Waals surface area contributed by atoms with Gasteiger partial charge in [0.2, 0.25) is 0 Å². The Bertz CT molecular complexity index is 681. The van der Waals surface area contributed by atoms with Gasteiger partial charge < -0.3 is 14.8 Å². The van der Waals surface area contributed by atoms with Crippen LogP contribution < -0.4 is 14.8 Å². The Labute approximate surface area is 132 Å². The fourth-order valence-electron chi connectivity index (χ4n) is 1.82. The summed E-state index contributed by atoms with van der Waals surface area (Å²) in [6.07, 6.45) is 0. The van der Waals surface area contributed by atoms with Gasteiger partial charge in [-0.05, 0) is 24.6 Å². The highest BCUT2D eigenvalue weighted by atomic mass is 35.5. The molecule has 0 bridgehead atoms. The van der Waals surface area contributed by atoms with Gasteiger partial charge in [-0.25, -0.2) is 4.98 Å². The average Bonchev–Trinajstić information content (AvgIpc) is 2.86. The second-order valence-electron chi connectivity index (χ2n) is 4.23. The van der Waals surface area contributed by atoms with Crippen molar-refractivity contribution in [3.63, 3.8) is 0 Å². The van der Waals surface area contributed by atoms with E-state index in [1.807, 2.05) is 31.2 Å². The third-order valence-electron chi connectivity index (χ3n) is 2.93. The summed E-state index contributed by atoms with van der Waals surface area (Å²) < 4.78 is 10.5. The molecule has 1 unspecified atom stereocenters.